The third-order valence-electron chi connectivity index (χ3n) is 1.79. The van der Waals surface area contributed by atoms with E-state index >= 15 is 0 Å². The van der Waals surface area contributed by atoms with Crippen LogP contribution in [-0.4, -0.2) is 0 Å². The molecule has 13 heavy (non-hydrogen) atoms. The first-order chi connectivity index (χ1) is 6.41. The summed E-state index contributed by atoms with van der Waals surface area (Å²) >= 11 is 0. The van der Waals surface area contributed by atoms with Crippen LogP contribution in [0.25, 0.3) is 0 Å². The molecule has 0 atom stereocenters. The van der Waals surface area contributed by atoms with Crippen molar-refractivity contribution >= 4 is 0 Å². The van der Waals surface area contributed by atoms with Crippen molar-refractivity contribution in [3.63, 3.8) is 0 Å². The highest BCUT2D eigenvalue weighted by atomic mass is 13.8. The second-order valence-corrected chi connectivity index (χ2v) is 3.12. The molecule has 0 aromatic carbocycles. The molecule has 0 aromatic rings. The Morgan fingerprint density at radius 3 is 1.69 bits per heavy atom. The lowest BCUT2D eigenvalue weighted by molar-refractivity contribution is 0.941. The van der Waals surface area contributed by atoms with Crippen molar-refractivity contribution in [3.05, 3.63) is 37.0 Å². The Hall–Kier alpha value is -0.780. The third-order valence-corrected chi connectivity index (χ3v) is 1.79. The summed E-state index contributed by atoms with van der Waals surface area (Å²) in [4.78, 5) is 0. The number of hydrogen-bond donors (Lipinski definition) is 0. The summed E-state index contributed by atoms with van der Waals surface area (Å²) in [6.45, 7) is 7.46. The van der Waals surface area contributed by atoms with E-state index in [2.05, 4.69) is 31.2 Å². The van der Waals surface area contributed by atoms with E-state index in [0.717, 1.165) is 19.3 Å². The fourth-order valence-corrected chi connectivity index (χ4v) is 1.02. The summed E-state index contributed by atoms with van der Waals surface area (Å²) in [6, 6.07) is 0. The van der Waals surface area contributed by atoms with Crippen LogP contribution in [0.4, 0.5) is 0 Å². The van der Waals surface area contributed by atoms with E-state index in [-0.39, 0.29) is 0 Å². The molecule has 73 valence electrons. The van der Waals surface area contributed by atoms with E-state index in [1.54, 1.807) is 6.08 Å². The molecule has 0 bridgehead atoms. The minimum atomic E-state index is 0.988. The Bertz CT molecular complexity index is 151. The van der Waals surface area contributed by atoms with Gasteiger partial charge < -0.3 is 0 Å². The van der Waals surface area contributed by atoms with E-state index in [9.17, 15) is 0 Å². The smallest absolute Gasteiger partial charge is 0.0313 e. The highest BCUT2D eigenvalue weighted by Crippen LogP contribution is 1.98. The van der Waals surface area contributed by atoms with Gasteiger partial charge in [0.15, 0.2) is 0 Å². The number of unbranched alkanes of at least 4 members (excludes halogenated alkanes) is 3. The van der Waals surface area contributed by atoms with Gasteiger partial charge in [-0.1, -0.05) is 50.3 Å². The van der Waals surface area contributed by atoms with E-state index in [4.69, 9.17) is 6.58 Å². The van der Waals surface area contributed by atoms with Crippen molar-refractivity contribution in [3.8, 4) is 0 Å². The van der Waals surface area contributed by atoms with Gasteiger partial charge in [0, 0.05) is 0 Å². The molecule has 0 nitrogen and oxygen atoms in total. The Balaban J connectivity index is 3.14. The van der Waals surface area contributed by atoms with Crippen LogP contribution in [0.5, 0.6) is 0 Å². The number of hydrogen-bond acceptors (Lipinski definition) is 0. The SMILES string of the molecule is [CH]=CCCC=CCCC=CCCC. The summed E-state index contributed by atoms with van der Waals surface area (Å²) in [6.07, 6.45) is 17.5. The van der Waals surface area contributed by atoms with Crippen molar-refractivity contribution in [2.45, 2.75) is 45.4 Å². The first-order valence-corrected chi connectivity index (χ1v) is 5.25. The molecule has 0 heteroatoms. The molecule has 0 fully saturated rings. The van der Waals surface area contributed by atoms with Crippen molar-refractivity contribution < 1.29 is 0 Å². The molecule has 0 saturated heterocycles. The van der Waals surface area contributed by atoms with Gasteiger partial charge in [-0.15, -0.1) is 0 Å². The lowest BCUT2D eigenvalue weighted by Gasteiger charge is -1.88. The maximum atomic E-state index is 5.25. The van der Waals surface area contributed by atoms with E-state index in [1.807, 2.05) is 0 Å². The first-order valence-electron chi connectivity index (χ1n) is 5.25. The largest absolute Gasteiger partial charge is 0.0885 e. The number of rotatable bonds is 8. The molecule has 1 radical (unpaired) electrons. The van der Waals surface area contributed by atoms with E-state index in [0.29, 0.717) is 0 Å². The fourth-order valence-electron chi connectivity index (χ4n) is 1.02. The predicted molar refractivity (Wildman–Crippen MR) is 60.5 cm³/mol. The van der Waals surface area contributed by atoms with Gasteiger partial charge in [-0.3, -0.25) is 0 Å². The van der Waals surface area contributed by atoms with Gasteiger partial charge in [-0.05, 0) is 32.1 Å². The molecule has 0 spiro atoms. The summed E-state index contributed by atoms with van der Waals surface area (Å²) < 4.78 is 0. The van der Waals surface area contributed by atoms with Crippen LogP contribution < -0.4 is 0 Å². The second kappa shape index (κ2) is 11.2. The lowest BCUT2D eigenvalue weighted by atomic mass is 10.2. The van der Waals surface area contributed by atoms with Gasteiger partial charge in [0.25, 0.3) is 0 Å². The Labute approximate surface area is 83.0 Å². The molecule has 0 aliphatic carbocycles. The van der Waals surface area contributed by atoms with Crippen LogP contribution in [0.15, 0.2) is 30.4 Å². The summed E-state index contributed by atoms with van der Waals surface area (Å²) in [5.41, 5.74) is 0. The zero-order valence-electron chi connectivity index (χ0n) is 8.71. The molecular weight excluding hydrogens is 156 g/mol. The molecular formula is C13H21. The third kappa shape index (κ3) is 11.2. The van der Waals surface area contributed by atoms with Gasteiger partial charge in [0.2, 0.25) is 0 Å². The molecule has 0 aromatic heterocycles. The van der Waals surface area contributed by atoms with Crippen LogP contribution in [-0.2, 0) is 0 Å². The highest BCUT2D eigenvalue weighted by Gasteiger charge is 1.78. The van der Waals surface area contributed by atoms with Crippen molar-refractivity contribution in [2.75, 3.05) is 0 Å². The van der Waals surface area contributed by atoms with Crippen LogP contribution in [0.2, 0.25) is 0 Å². The highest BCUT2D eigenvalue weighted by molar-refractivity contribution is 4.88. The standard InChI is InChI=1S/C13H21/c1-3-5-7-9-11-13-12-10-8-6-4-2/h1,3,8-11H,4-7,12-13H2,2H3. The van der Waals surface area contributed by atoms with Gasteiger partial charge in [0.1, 0.15) is 0 Å². The predicted octanol–water partition coefficient (Wildman–Crippen LogP) is 4.45. The van der Waals surface area contributed by atoms with Crippen molar-refractivity contribution in [2.24, 2.45) is 0 Å². The topological polar surface area (TPSA) is 0 Å². The van der Waals surface area contributed by atoms with Crippen LogP contribution in [0.1, 0.15) is 45.4 Å². The van der Waals surface area contributed by atoms with Gasteiger partial charge in [-0.25, -0.2) is 0 Å². The van der Waals surface area contributed by atoms with Gasteiger partial charge in [0.05, 0.1) is 0 Å². The van der Waals surface area contributed by atoms with E-state index < -0.39 is 0 Å². The normalized spacial score (nSPS) is 11.5. The Morgan fingerprint density at radius 2 is 1.23 bits per heavy atom. The molecule has 0 heterocycles. The second-order valence-electron chi connectivity index (χ2n) is 3.12. The Morgan fingerprint density at radius 1 is 0.769 bits per heavy atom. The molecule has 0 saturated carbocycles. The zero-order valence-corrected chi connectivity index (χ0v) is 8.71. The summed E-state index contributed by atoms with van der Waals surface area (Å²) in [5, 5.41) is 0. The van der Waals surface area contributed by atoms with Crippen LogP contribution in [0, 0.1) is 6.58 Å². The molecule has 0 N–H and O–H groups in total. The summed E-state index contributed by atoms with van der Waals surface area (Å²) in [5.74, 6) is 0. The maximum absolute atomic E-state index is 5.25. The molecule has 0 amide bonds. The van der Waals surface area contributed by atoms with E-state index in [1.165, 1.54) is 19.3 Å². The van der Waals surface area contributed by atoms with Crippen LogP contribution >= 0.6 is 0 Å². The molecule has 0 rings (SSSR count). The number of allylic oxidation sites excluding steroid dienone is 5. The zero-order chi connectivity index (χ0) is 9.78. The molecule has 0 unspecified atom stereocenters. The Kier molecular flexibility index (Phi) is 10.5. The maximum Gasteiger partial charge on any atom is -0.0313 e. The molecule has 0 aliphatic rings. The summed E-state index contributed by atoms with van der Waals surface area (Å²) in [7, 11) is 0. The quantitative estimate of drug-likeness (QED) is 0.379. The monoisotopic (exact) mass is 177 g/mol. The van der Waals surface area contributed by atoms with Gasteiger partial charge >= 0.3 is 0 Å². The lowest BCUT2D eigenvalue weighted by Crippen LogP contribution is -1.67. The average Bonchev–Trinajstić information content (AvgIpc) is 2.16. The van der Waals surface area contributed by atoms with Crippen molar-refractivity contribution in [1.29, 1.82) is 0 Å². The average molecular weight is 177 g/mol. The first kappa shape index (κ1) is 12.2. The minimum Gasteiger partial charge on any atom is -0.0885 e. The van der Waals surface area contributed by atoms with Crippen molar-refractivity contribution in [1.82, 2.24) is 0 Å². The fraction of sp³-hybridized carbons (Fsp3) is 0.538. The minimum absolute atomic E-state index is 0.988. The van der Waals surface area contributed by atoms with Gasteiger partial charge in [-0.2, -0.15) is 0 Å². The van der Waals surface area contributed by atoms with Crippen LogP contribution in [0.3, 0.4) is 0 Å². The molecule has 0 aliphatic heterocycles.